The minimum absolute atomic E-state index is 0.0883. The van der Waals surface area contributed by atoms with E-state index in [1.165, 1.54) is 0 Å². The lowest BCUT2D eigenvalue weighted by molar-refractivity contribution is 0.550. The molecule has 0 aliphatic heterocycles. The monoisotopic (exact) mass is 276 g/mol. The van der Waals surface area contributed by atoms with Gasteiger partial charge in [0.25, 0.3) is 0 Å². The molecule has 0 aromatic carbocycles. The second-order valence-electron chi connectivity index (χ2n) is 3.87. The van der Waals surface area contributed by atoms with Crippen molar-refractivity contribution >= 4 is 21.4 Å². The van der Waals surface area contributed by atoms with Crippen LogP contribution in [0.4, 0.5) is 0 Å². The van der Waals surface area contributed by atoms with Crippen LogP contribution in [0, 0.1) is 0 Å². The van der Waals surface area contributed by atoms with E-state index in [9.17, 15) is 8.42 Å². The molecule has 1 atom stereocenters. The van der Waals surface area contributed by atoms with Crippen LogP contribution < -0.4 is 10.0 Å². The Hall–Kier alpha value is -0.430. The summed E-state index contributed by atoms with van der Waals surface area (Å²) in [5.41, 5.74) is 0. The summed E-state index contributed by atoms with van der Waals surface area (Å²) in [5.74, 6) is 0.176. The molecule has 0 aliphatic rings. The van der Waals surface area contributed by atoms with Crippen molar-refractivity contribution in [3.05, 3.63) is 22.4 Å². The van der Waals surface area contributed by atoms with Gasteiger partial charge in [-0.25, -0.2) is 13.1 Å². The zero-order valence-corrected chi connectivity index (χ0v) is 11.9. The average Bonchev–Trinajstić information content (AvgIpc) is 2.79. The summed E-state index contributed by atoms with van der Waals surface area (Å²) in [5, 5.41) is 4.91. The summed E-state index contributed by atoms with van der Waals surface area (Å²) in [7, 11) is -1.35. The highest BCUT2D eigenvalue weighted by molar-refractivity contribution is 7.89. The highest BCUT2D eigenvalue weighted by Crippen LogP contribution is 2.22. The van der Waals surface area contributed by atoms with E-state index in [0.29, 0.717) is 6.42 Å². The van der Waals surface area contributed by atoms with Crippen LogP contribution in [0.3, 0.4) is 0 Å². The van der Waals surface area contributed by atoms with Gasteiger partial charge in [-0.2, -0.15) is 0 Å². The number of sulfonamides is 1. The number of hydrogen-bond donors (Lipinski definition) is 2. The molecule has 1 heterocycles. The van der Waals surface area contributed by atoms with Gasteiger partial charge in [0.2, 0.25) is 10.0 Å². The molecule has 0 amide bonds. The van der Waals surface area contributed by atoms with E-state index in [1.54, 1.807) is 11.3 Å². The molecular weight excluding hydrogens is 256 g/mol. The van der Waals surface area contributed by atoms with E-state index in [-0.39, 0.29) is 11.8 Å². The van der Waals surface area contributed by atoms with Crippen molar-refractivity contribution in [3.63, 3.8) is 0 Å². The van der Waals surface area contributed by atoms with E-state index >= 15 is 0 Å². The molecule has 0 bridgehead atoms. The van der Waals surface area contributed by atoms with Crippen LogP contribution in [0.25, 0.3) is 0 Å². The van der Waals surface area contributed by atoms with E-state index < -0.39 is 10.0 Å². The lowest BCUT2D eigenvalue weighted by Crippen LogP contribution is -2.31. The highest BCUT2D eigenvalue weighted by Gasteiger charge is 2.18. The zero-order chi connectivity index (χ0) is 12.7. The molecule has 98 valence electrons. The third-order valence-corrected chi connectivity index (χ3v) is 4.91. The summed E-state index contributed by atoms with van der Waals surface area (Å²) in [6.45, 7) is 2.71. The molecule has 0 radical (unpaired) electrons. The van der Waals surface area contributed by atoms with Crippen molar-refractivity contribution in [1.82, 2.24) is 10.0 Å². The molecule has 0 saturated heterocycles. The standard InChI is InChI=1S/C11H20N2O2S2/c1-3-10(11-6-4-8-16-11)13-17(14,15)9-5-7-12-2/h4,6,8,10,12-13H,3,5,7,9H2,1-2H3. The highest BCUT2D eigenvalue weighted by atomic mass is 32.2. The minimum atomic E-state index is -3.17. The maximum absolute atomic E-state index is 11.8. The van der Waals surface area contributed by atoms with Crippen molar-refractivity contribution in [2.24, 2.45) is 0 Å². The van der Waals surface area contributed by atoms with Gasteiger partial charge in [0.1, 0.15) is 0 Å². The normalized spacial score (nSPS) is 13.8. The van der Waals surface area contributed by atoms with Gasteiger partial charge >= 0.3 is 0 Å². The Kier molecular flexibility index (Phi) is 6.11. The summed E-state index contributed by atoms with van der Waals surface area (Å²) in [4.78, 5) is 1.07. The first-order valence-corrected chi connectivity index (χ1v) is 8.30. The molecule has 4 nitrogen and oxygen atoms in total. The Morgan fingerprint density at radius 3 is 2.76 bits per heavy atom. The first-order chi connectivity index (χ1) is 8.09. The smallest absolute Gasteiger partial charge is 0.212 e. The molecule has 0 spiro atoms. The molecule has 1 unspecified atom stereocenters. The predicted molar refractivity (Wildman–Crippen MR) is 72.8 cm³/mol. The van der Waals surface area contributed by atoms with Gasteiger partial charge in [0.05, 0.1) is 11.8 Å². The Morgan fingerprint density at radius 2 is 2.24 bits per heavy atom. The number of hydrogen-bond acceptors (Lipinski definition) is 4. The Morgan fingerprint density at radius 1 is 1.47 bits per heavy atom. The van der Waals surface area contributed by atoms with Crippen molar-refractivity contribution in [2.75, 3.05) is 19.3 Å². The number of rotatable bonds is 8. The molecule has 1 aromatic rings. The minimum Gasteiger partial charge on any atom is -0.320 e. The van der Waals surface area contributed by atoms with Crippen LogP contribution in [-0.2, 0) is 10.0 Å². The molecule has 0 aliphatic carbocycles. The maximum Gasteiger partial charge on any atom is 0.212 e. The largest absolute Gasteiger partial charge is 0.320 e. The van der Waals surface area contributed by atoms with Crippen molar-refractivity contribution in [1.29, 1.82) is 0 Å². The topological polar surface area (TPSA) is 58.2 Å². The van der Waals surface area contributed by atoms with Gasteiger partial charge in [0.15, 0.2) is 0 Å². The molecule has 17 heavy (non-hydrogen) atoms. The van der Waals surface area contributed by atoms with Crippen LogP contribution in [0.15, 0.2) is 17.5 Å². The molecule has 1 rings (SSSR count). The predicted octanol–water partition coefficient (Wildman–Crippen LogP) is 1.73. The third kappa shape index (κ3) is 5.16. The molecule has 2 N–H and O–H groups in total. The first-order valence-electron chi connectivity index (χ1n) is 5.77. The fourth-order valence-electron chi connectivity index (χ4n) is 1.55. The van der Waals surface area contributed by atoms with E-state index in [1.807, 2.05) is 31.5 Å². The van der Waals surface area contributed by atoms with Crippen molar-refractivity contribution < 1.29 is 8.42 Å². The van der Waals surface area contributed by atoms with Crippen LogP contribution >= 0.6 is 11.3 Å². The van der Waals surface area contributed by atoms with Gasteiger partial charge in [-0.15, -0.1) is 11.3 Å². The summed E-state index contributed by atoms with van der Waals surface area (Å²) in [6.07, 6.45) is 1.40. The van der Waals surface area contributed by atoms with E-state index in [4.69, 9.17) is 0 Å². The average molecular weight is 276 g/mol. The Labute approximate surface area is 107 Å². The van der Waals surface area contributed by atoms with E-state index in [0.717, 1.165) is 17.8 Å². The summed E-state index contributed by atoms with van der Waals surface area (Å²) in [6, 6.07) is 3.82. The van der Waals surface area contributed by atoms with Gasteiger partial charge in [-0.1, -0.05) is 13.0 Å². The lowest BCUT2D eigenvalue weighted by atomic mass is 10.2. The molecule has 1 aromatic heterocycles. The maximum atomic E-state index is 11.8. The quantitative estimate of drug-likeness (QED) is 0.711. The lowest BCUT2D eigenvalue weighted by Gasteiger charge is -2.15. The third-order valence-electron chi connectivity index (χ3n) is 2.46. The van der Waals surface area contributed by atoms with Crippen LogP contribution in [0.2, 0.25) is 0 Å². The van der Waals surface area contributed by atoms with Crippen molar-refractivity contribution in [3.8, 4) is 0 Å². The Bertz CT molecular complexity index is 401. The second kappa shape index (κ2) is 7.10. The van der Waals surface area contributed by atoms with Crippen molar-refractivity contribution in [2.45, 2.75) is 25.8 Å². The number of nitrogens with one attached hydrogen (secondary N) is 2. The Balaban J connectivity index is 2.56. The number of thiophene rings is 1. The zero-order valence-electron chi connectivity index (χ0n) is 10.3. The van der Waals surface area contributed by atoms with Gasteiger partial charge in [-0.05, 0) is 37.9 Å². The molecular formula is C11H20N2O2S2. The van der Waals surface area contributed by atoms with Gasteiger partial charge in [-0.3, -0.25) is 0 Å². The van der Waals surface area contributed by atoms with Crippen LogP contribution in [0.1, 0.15) is 30.7 Å². The fraction of sp³-hybridized carbons (Fsp3) is 0.636. The van der Waals surface area contributed by atoms with Gasteiger partial charge in [0, 0.05) is 4.88 Å². The van der Waals surface area contributed by atoms with Gasteiger partial charge < -0.3 is 5.32 Å². The second-order valence-corrected chi connectivity index (χ2v) is 6.72. The SMILES string of the molecule is CCC(NS(=O)(=O)CCCNC)c1cccs1. The fourth-order valence-corrected chi connectivity index (χ4v) is 3.85. The molecule has 0 fully saturated rings. The molecule has 0 saturated carbocycles. The van der Waals surface area contributed by atoms with E-state index in [2.05, 4.69) is 10.0 Å². The van der Waals surface area contributed by atoms with Crippen LogP contribution in [-0.4, -0.2) is 27.8 Å². The molecule has 6 heteroatoms. The summed E-state index contributed by atoms with van der Waals surface area (Å²) < 4.78 is 26.4. The first kappa shape index (κ1) is 14.6. The summed E-state index contributed by atoms with van der Waals surface area (Å²) >= 11 is 1.59. The van der Waals surface area contributed by atoms with Crippen LogP contribution in [0.5, 0.6) is 0 Å².